The summed E-state index contributed by atoms with van der Waals surface area (Å²) < 4.78 is 7.62. The molecule has 6 nitrogen and oxygen atoms in total. The largest absolute Gasteiger partial charge is 0.496 e. The second-order valence-corrected chi connectivity index (χ2v) is 7.57. The summed E-state index contributed by atoms with van der Waals surface area (Å²) in [7, 11) is 1.72. The molecule has 0 unspecified atom stereocenters. The van der Waals surface area contributed by atoms with Crippen molar-refractivity contribution >= 4 is 5.91 Å². The number of carbonyl (C=O) groups is 1. The minimum atomic E-state index is 0.151. The molecule has 1 aliphatic carbocycles. The van der Waals surface area contributed by atoms with Crippen molar-refractivity contribution < 1.29 is 9.53 Å². The van der Waals surface area contributed by atoms with Gasteiger partial charge in [0.05, 0.1) is 18.5 Å². The van der Waals surface area contributed by atoms with Gasteiger partial charge in [0.1, 0.15) is 5.75 Å². The standard InChI is InChI=1S/C21H28N4O2/c1-27-20-6-3-2-5-16(20)14-24-11-4-12-25-19(15-24)13-18(23-25)9-10-21(26)22-17-7-8-17/h2-3,5-6,13,17H,4,7-12,14-15H2,1H3,(H,22,26). The smallest absolute Gasteiger partial charge is 0.220 e. The van der Waals surface area contributed by atoms with Gasteiger partial charge in [0, 0.05) is 50.6 Å². The van der Waals surface area contributed by atoms with Gasteiger partial charge < -0.3 is 10.1 Å². The quantitative estimate of drug-likeness (QED) is 0.816. The van der Waals surface area contributed by atoms with Gasteiger partial charge in [0.25, 0.3) is 0 Å². The van der Waals surface area contributed by atoms with Gasteiger partial charge in [-0.15, -0.1) is 0 Å². The topological polar surface area (TPSA) is 59.4 Å². The molecule has 1 aromatic heterocycles. The minimum absolute atomic E-state index is 0.151. The Hall–Kier alpha value is -2.34. The van der Waals surface area contributed by atoms with Gasteiger partial charge in [-0.25, -0.2) is 0 Å². The number of aromatic nitrogens is 2. The molecular formula is C21H28N4O2. The highest BCUT2D eigenvalue weighted by Crippen LogP contribution is 2.22. The van der Waals surface area contributed by atoms with Crippen molar-refractivity contribution in [3.8, 4) is 5.75 Å². The lowest BCUT2D eigenvalue weighted by molar-refractivity contribution is -0.121. The van der Waals surface area contributed by atoms with Crippen LogP contribution in [0.15, 0.2) is 30.3 Å². The number of ether oxygens (including phenoxy) is 1. The van der Waals surface area contributed by atoms with E-state index in [-0.39, 0.29) is 5.91 Å². The number of carbonyl (C=O) groups excluding carboxylic acids is 1. The van der Waals surface area contributed by atoms with Crippen molar-refractivity contribution in [2.75, 3.05) is 13.7 Å². The zero-order chi connectivity index (χ0) is 18.6. The minimum Gasteiger partial charge on any atom is -0.496 e. The van der Waals surface area contributed by atoms with Crippen LogP contribution in [0, 0.1) is 0 Å². The fraction of sp³-hybridized carbons (Fsp3) is 0.524. The predicted molar refractivity (Wildman–Crippen MR) is 103 cm³/mol. The molecule has 0 bridgehead atoms. The maximum Gasteiger partial charge on any atom is 0.220 e. The van der Waals surface area contributed by atoms with E-state index in [9.17, 15) is 4.79 Å². The second-order valence-electron chi connectivity index (χ2n) is 7.57. The maximum atomic E-state index is 11.9. The van der Waals surface area contributed by atoms with Crippen LogP contribution in [0.5, 0.6) is 5.75 Å². The normalized spacial score (nSPS) is 17.2. The molecule has 1 amide bonds. The van der Waals surface area contributed by atoms with E-state index in [0.29, 0.717) is 18.9 Å². The van der Waals surface area contributed by atoms with Crippen LogP contribution in [0.3, 0.4) is 0 Å². The molecule has 1 N–H and O–H groups in total. The van der Waals surface area contributed by atoms with Crippen LogP contribution in [0.2, 0.25) is 0 Å². The molecule has 1 fully saturated rings. The highest BCUT2D eigenvalue weighted by atomic mass is 16.5. The number of aryl methyl sites for hydroxylation is 2. The molecule has 0 spiro atoms. The van der Waals surface area contributed by atoms with Crippen molar-refractivity contribution in [3.05, 3.63) is 47.3 Å². The molecule has 6 heteroatoms. The van der Waals surface area contributed by atoms with Crippen LogP contribution >= 0.6 is 0 Å². The molecule has 2 aliphatic rings. The van der Waals surface area contributed by atoms with Crippen LogP contribution in [0.25, 0.3) is 0 Å². The van der Waals surface area contributed by atoms with Crippen molar-refractivity contribution in [3.63, 3.8) is 0 Å². The number of benzene rings is 1. The van der Waals surface area contributed by atoms with Gasteiger partial charge in [-0.1, -0.05) is 18.2 Å². The zero-order valence-electron chi connectivity index (χ0n) is 16.0. The third-order valence-electron chi connectivity index (χ3n) is 5.28. The van der Waals surface area contributed by atoms with E-state index >= 15 is 0 Å². The Balaban J connectivity index is 1.38. The Morgan fingerprint density at radius 1 is 1.30 bits per heavy atom. The van der Waals surface area contributed by atoms with Crippen LogP contribution in [-0.4, -0.2) is 40.3 Å². The highest BCUT2D eigenvalue weighted by Gasteiger charge is 2.23. The summed E-state index contributed by atoms with van der Waals surface area (Å²) in [5, 5.41) is 7.79. The van der Waals surface area contributed by atoms with Crippen molar-refractivity contribution in [1.82, 2.24) is 20.0 Å². The molecular weight excluding hydrogens is 340 g/mol. The fourth-order valence-corrected chi connectivity index (χ4v) is 3.69. The summed E-state index contributed by atoms with van der Waals surface area (Å²) in [6.07, 6.45) is 4.58. The second kappa shape index (κ2) is 8.13. The summed E-state index contributed by atoms with van der Waals surface area (Å²) in [6, 6.07) is 10.8. The Bertz CT molecular complexity index is 797. The molecule has 4 rings (SSSR count). The Labute approximate surface area is 160 Å². The number of para-hydroxylation sites is 1. The lowest BCUT2D eigenvalue weighted by Gasteiger charge is -2.20. The molecule has 1 aliphatic heterocycles. The molecule has 0 saturated heterocycles. The number of amides is 1. The molecule has 2 aromatic rings. The number of rotatable bonds is 7. The van der Waals surface area contributed by atoms with Gasteiger partial charge in [-0.05, 0) is 31.4 Å². The maximum absolute atomic E-state index is 11.9. The van der Waals surface area contributed by atoms with Gasteiger partial charge in [-0.3, -0.25) is 14.4 Å². The van der Waals surface area contributed by atoms with E-state index in [0.717, 1.165) is 56.9 Å². The first-order chi connectivity index (χ1) is 13.2. The van der Waals surface area contributed by atoms with Gasteiger partial charge in [-0.2, -0.15) is 5.10 Å². The lowest BCUT2D eigenvalue weighted by atomic mass is 10.1. The van der Waals surface area contributed by atoms with Crippen molar-refractivity contribution in [2.24, 2.45) is 0 Å². The number of hydrogen-bond acceptors (Lipinski definition) is 4. The molecule has 27 heavy (non-hydrogen) atoms. The fourth-order valence-electron chi connectivity index (χ4n) is 3.69. The number of nitrogens with one attached hydrogen (secondary N) is 1. The Morgan fingerprint density at radius 2 is 2.15 bits per heavy atom. The number of hydrogen-bond donors (Lipinski definition) is 1. The van der Waals surface area contributed by atoms with Crippen LogP contribution in [0.1, 0.15) is 42.6 Å². The van der Waals surface area contributed by atoms with Crippen LogP contribution in [0.4, 0.5) is 0 Å². The summed E-state index contributed by atoms with van der Waals surface area (Å²) in [5.41, 5.74) is 3.47. The Morgan fingerprint density at radius 3 is 2.96 bits per heavy atom. The predicted octanol–water partition coefficient (Wildman–Crippen LogP) is 2.51. The number of nitrogens with zero attached hydrogens (tertiary/aromatic N) is 3. The SMILES string of the molecule is COc1ccccc1CN1CCCn2nc(CCC(=O)NC3CC3)cc2C1. The molecule has 144 valence electrons. The molecule has 0 atom stereocenters. The third kappa shape index (κ3) is 4.69. The average Bonchev–Trinajstić information content (AvgIpc) is 3.43. The first-order valence-corrected chi connectivity index (χ1v) is 9.90. The number of methoxy groups -OCH3 is 1. The van der Waals surface area contributed by atoms with E-state index in [2.05, 4.69) is 33.1 Å². The first-order valence-electron chi connectivity index (χ1n) is 9.90. The van der Waals surface area contributed by atoms with Gasteiger partial charge in [0.15, 0.2) is 0 Å². The molecule has 1 saturated carbocycles. The van der Waals surface area contributed by atoms with Crippen LogP contribution < -0.4 is 10.1 Å². The van der Waals surface area contributed by atoms with Gasteiger partial charge in [0.2, 0.25) is 5.91 Å². The van der Waals surface area contributed by atoms with E-state index < -0.39 is 0 Å². The van der Waals surface area contributed by atoms with E-state index in [4.69, 9.17) is 9.84 Å². The summed E-state index contributed by atoms with van der Waals surface area (Å²) in [6.45, 7) is 3.72. The highest BCUT2D eigenvalue weighted by molar-refractivity contribution is 5.76. The molecule has 1 aromatic carbocycles. The first kappa shape index (κ1) is 18.0. The third-order valence-corrected chi connectivity index (χ3v) is 5.28. The summed E-state index contributed by atoms with van der Waals surface area (Å²) in [4.78, 5) is 14.4. The lowest BCUT2D eigenvalue weighted by Crippen LogP contribution is -2.25. The van der Waals surface area contributed by atoms with Crippen molar-refractivity contribution in [2.45, 2.75) is 57.8 Å². The molecule has 2 heterocycles. The summed E-state index contributed by atoms with van der Waals surface area (Å²) >= 11 is 0. The van der Waals surface area contributed by atoms with E-state index in [1.54, 1.807) is 7.11 Å². The Kier molecular flexibility index (Phi) is 5.43. The van der Waals surface area contributed by atoms with E-state index in [1.165, 1.54) is 11.3 Å². The van der Waals surface area contributed by atoms with Crippen molar-refractivity contribution in [1.29, 1.82) is 0 Å². The summed E-state index contributed by atoms with van der Waals surface area (Å²) in [5.74, 6) is 1.09. The molecule has 0 radical (unpaired) electrons. The average molecular weight is 368 g/mol. The monoisotopic (exact) mass is 368 g/mol. The zero-order valence-corrected chi connectivity index (χ0v) is 16.0. The van der Waals surface area contributed by atoms with Crippen LogP contribution in [-0.2, 0) is 30.8 Å². The van der Waals surface area contributed by atoms with E-state index in [1.807, 2.05) is 12.1 Å². The van der Waals surface area contributed by atoms with Gasteiger partial charge >= 0.3 is 0 Å². The number of fused-ring (bicyclic) bond motifs is 1.